The molecule has 0 atom stereocenters. The molecule has 0 fully saturated rings. The molecule has 28 heavy (non-hydrogen) atoms. The monoisotopic (exact) mass is 383 g/mol. The maximum Gasteiger partial charge on any atom is 0.315 e. The van der Waals surface area contributed by atoms with E-state index < -0.39 is 4.92 Å². The molecule has 0 amide bonds. The van der Waals surface area contributed by atoms with Crippen LogP contribution in [0.4, 0.5) is 11.6 Å². The molecule has 0 radical (unpaired) electrons. The summed E-state index contributed by atoms with van der Waals surface area (Å²) >= 11 is 0. The average Bonchev–Trinajstić information content (AvgIpc) is 3.03. The molecular weight excluding hydrogens is 362 g/mol. The standard InChI is InChI=1S/C19H21N5O4/c1-11(2)28-18-16(24(25)26)8-13(9-17(18)27-4)10-20-23-19-21-14-6-5-12(3)7-15(14)22-19/h5-11H,1-4H3,(H2,21,22,23)/b20-10-. The van der Waals surface area contributed by atoms with E-state index in [1.165, 1.54) is 19.4 Å². The Hall–Kier alpha value is -3.62. The summed E-state index contributed by atoms with van der Waals surface area (Å²) < 4.78 is 10.8. The van der Waals surface area contributed by atoms with Gasteiger partial charge in [0, 0.05) is 11.6 Å². The predicted molar refractivity (Wildman–Crippen MR) is 107 cm³/mol. The minimum absolute atomic E-state index is 0.0975. The second kappa shape index (κ2) is 7.95. The van der Waals surface area contributed by atoms with E-state index in [1.54, 1.807) is 19.9 Å². The fourth-order valence-electron chi connectivity index (χ4n) is 2.67. The molecule has 9 heteroatoms. The molecule has 1 aromatic heterocycles. The molecule has 0 aliphatic carbocycles. The zero-order valence-corrected chi connectivity index (χ0v) is 16.0. The molecule has 0 aliphatic rings. The lowest BCUT2D eigenvalue weighted by Gasteiger charge is -2.14. The van der Waals surface area contributed by atoms with Gasteiger partial charge in [-0.2, -0.15) is 5.10 Å². The summed E-state index contributed by atoms with van der Waals surface area (Å²) in [5.74, 6) is 0.835. The smallest absolute Gasteiger partial charge is 0.315 e. The van der Waals surface area contributed by atoms with Crippen LogP contribution in [0.1, 0.15) is 25.0 Å². The third-order valence-corrected chi connectivity index (χ3v) is 3.85. The van der Waals surface area contributed by atoms with Gasteiger partial charge in [-0.25, -0.2) is 10.4 Å². The SMILES string of the molecule is COc1cc(/C=N\Nc2nc3ccc(C)cc3[nH]2)cc([N+](=O)[O-])c1OC(C)C. The molecule has 0 aliphatic heterocycles. The molecule has 9 nitrogen and oxygen atoms in total. The summed E-state index contributed by atoms with van der Waals surface area (Å²) in [6.45, 7) is 5.58. The number of hydrazone groups is 1. The number of aromatic nitrogens is 2. The van der Waals surface area contributed by atoms with E-state index >= 15 is 0 Å². The molecular formula is C19H21N5O4. The van der Waals surface area contributed by atoms with E-state index in [2.05, 4.69) is 20.5 Å². The van der Waals surface area contributed by atoms with Crippen molar-refractivity contribution >= 4 is 28.9 Å². The van der Waals surface area contributed by atoms with E-state index in [4.69, 9.17) is 9.47 Å². The van der Waals surface area contributed by atoms with Crippen LogP contribution in [0, 0.1) is 17.0 Å². The Balaban J connectivity index is 1.85. The van der Waals surface area contributed by atoms with Crippen LogP contribution in [0.2, 0.25) is 0 Å². The number of nitrogens with one attached hydrogen (secondary N) is 2. The van der Waals surface area contributed by atoms with E-state index in [1.807, 2.05) is 25.1 Å². The van der Waals surface area contributed by atoms with Crippen molar-refractivity contribution in [3.05, 3.63) is 51.6 Å². The predicted octanol–water partition coefficient (Wildman–Crippen LogP) is 4.02. The highest BCUT2D eigenvalue weighted by Crippen LogP contribution is 2.38. The Morgan fingerprint density at radius 2 is 2.11 bits per heavy atom. The average molecular weight is 383 g/mol. The molecule has 0 saturated heterocycles. The first-order chi connectivity index (χ1) is 13.4. The van der Waals surface area contributed by atoms with E-state index in [9.17, 15) is 10.1 Å². The molecule has 2 N–H and O–H groups in total. The van der Waals surface area contributed by atoms with Gasteiger partial charge in [0.05, 0.1) is 35.4 Å². The van der Waals surface area contributed by atoms with Gasteiger partial charge in [-0.05, 0) is 44.5 Å². The van der Waals surface area contributed by atoms with Crippen LogP contribution in [0.15, 0.2) is 35.4 Å². The Labute approximate surface area is 161 Å². The largest absolute Gasteiger partial charge is 0.493 e. The number of methoxy groups -OCH3 is 1. The van der Waals surface area contributed by atoms with Crippen LogP contribution < -0.4 is 14.9 Å². The first kappa shape index (κ1) is 19.2. The topological polar surface area (TPSA) is 115 Å². The number of ether oxygens (including phenoxy) is 2. The van der Waals surface area contributed by atoms with Gasteiger partial charge >= 0.3 is 5.69 Å². The number of H-pyrrole nitrogens is 1. The van der Waals surface area contributed by atoms with Gasteiger partial charge in [0.2, 0.25) is 11.7 Å². The number of imidazole rings is 1. The highest BCUT2D eigenvalue weighted by molar-refractivity contribution is 5.84. The molecule has 0 unspecified atom stereocenters. The van der Waals surface area contributed by atoms with Crippen LogP contribution in [-0.2, 0) is 0 Å². The molecule has 0 saturated carbocycles. The third-order valence-electron chi connectivity index (χ3n) is 3.85. The van der Waals surface area contributed by atoms with Crippen molar-refractivity contribution in [1.29, 1.82) is 0 Å². The molecule has 2 aromatic carbocycles. The van der Waals surface area contributed by atoms with Gasteiger partial charge in [0.25, 0.3) is 0 Å². The Bertz CT molecular complexity index is 1040. The lowest BCUT2D eigenvalue weighted by Crippen LogP contribution is -2.09. The van der Waals surface area contributed by atoms with Crippen LogP contribution in [0.3, 0.4) is 0 Å². The number of benzene rings is 2. The highest BCUT2D eigenvalue weighted by Gasteiger charge is 2.23. The summed E-state index contributed by atoms with van der Waals surface area (Å²) in [6.07, 6.45) is 1.22. The summed E-state index contributed by atoms with van der Waals surface area (Å²) in [6, 6.07) is 8.88. The van der Waals surface area contributed by atoms with Gasteiger partial charge < -0.3 is 14.5 Å². The van der Waals surface area contributed by atoms with Crippen molar-refractivity contribution in [3.8, 4) is 11.5 Å². The van der Waals surface area contributed by atoms with Gasteiger partial charge in [-0.3, -0.25) is 10.1 Å². The second-order valence-corrected chi connectivity index (χ2v) is 6.47. The van der Waals surface area contributed by atoms with E-state index in [0.717, 1.165) is 16.6 Å². The fourth-order valence-corrected chi connectivity index (χ4v) is 2.67. The quantitative estimate of drug-likeness (QED) is 0.362. The van der Waals surface area contributed by atoms with Crippen molar-refractivity contribution in [2.24, 2.45) is 5.10 Å². The number of rotatable bonds is 7. The van der Waals surface area contributed by atoms with Crippen LogP contribution in [-0.4, -0.2) is 34.3 Å². The Morgan fingerprint density at radius 1 is 1.32 bits per heavy atom. The Kier molecular flexibility index (Phi) is 5.44. The second-order valence-electron chi connectivity index (χ2n) is 6.47. The first-order valence-corrected chi connectivity index (χ1v) is 8.66. The number of aryl methyl sites for hydroxylation is 1. The molecule has 3 rings (SSSR count). The minimum atomic E-state index is -0.507. The summed E-state index contributed by atoms with van der Waals surface area (Å²) in [5.41, 5.74) is 5.92. The van der Waals surface area contributed by atoms with Crippen molar-refractivity contribution in [2.45, 2.75) is 26.9 Å². The summed E-state index contributed by atoms with van der Waals surface area (Å²) in [4.78, 5) is 18.4. The normalized spacial score (nSPS) is 11.3. The summed E-state index contributed by atoms with van der Waals surface area (Å²) in [7, 11) is 1.43. The lowest BCUT2D eigenvalue weighted by molar-refractivity contribution is -0.386. The zero-order valence-electron chi connectivity index (χ0n) is 16.0. The number of fused-ring (bicyclic) bond motifs is 1. The first-order valence-electron chi connectivity index (χ1n) is 8.66. The van der Waals surface area contributed by atoms with Crippen LogP contribution in [0.25, 0.3) is 11.0 Å². The molecule has 0 bridgehead atoms. The number of hydrogen-bond donors (Lipinski definition) is 2. The summed E-state index contributed by atoms with van der Waals surface area (Å²) in [5, 5.41) is 15.5. The number of nitro benzene ring substituents is 1. The molecule has 3 aromatic rings. The highest BCUT2D eigenvalue weighted by atomic mass is 16.6. The zero-order chi connectivity index (χ0) is 20.3. The fraction of sp³-hybridized carbons (Fsp3) is 0.263. The number of anilines is 1. The number of aromatic amines is 1. The Morgan fingerprint density at radius 3 is 2.79 bits per heavy atom. The van der Waals surface area contributed by atoms with Crippen molar-refractivity contribution in [1.82, 2.24) is 9.97 Å². The van der Waals surface area contributed by atoms with E-state index in [-0.39, 0.29) is 23.3 Å². The van der Waals surface area contributed by atoms with Gasteiger partial charge in [-0.1, -0.05) is 6.07 Å². The van der Waals surface area contributed by atoms with Crippen molar-refractivity contribution < 1.29 is 14.4 Å². The van der Waals surface area contributed by atoms with Gasteiger partial charge in [0.1, 0.15) is 0 Å². The van der Waals surface area contributed by atoms with Crippen molar-refractivity contribution in [3.63, 3.8) is 0 Å². The maximum absolute atomic E-state index is 11.4. The number of nitrogens with zero attached hydrogens (tertiary/aromatic N) is 3. The third kappa shape index (κ3) is 4.20. The van der Waals surface area contributed by atoms with Crippen molar-refractivity contribution in [2.75, 3.05) is 12.5 Å². The maximum atomic E-state index is 11.4. The molecule has 0 spiro atoms. The lowest BCUT2D eigenvalue weighted by atomic mass is 10.2. The molecule has 146 valence electrons. The van der Waals surface area contributed by atoms with Crippen LogP contribution in [0.5, 0.6) is 11.5 Å². The van der Waals surface area contributed by atoms with Crippen LogP contribution >= 0.6 is 0 Å². The molecule has 1 heterocycles. The van der Waals surface area contributed by atoms with Gasteiger partial charge in [0.15, 0.2) is 5.75 Å². The number of nitro groups is 1. The van der Waals surface area contributed by atoms with E-state index in [0.29, 0.717) is 11.5 Å². The van der Waals surface area contributed by atoms with Gasteiger partial charge in [-0.15, -0.1) is 0 Å². The number of hydrogen-bond acceptors (Lipinski definition) is 7. The minimum Gasteiger partial charge on any atom is -0.493 e.